The molecule has 0 saturated heterocycles. The molecule has 0 aliphatic carbocycles. The van der Waals surface area contributed by atoms with E-state index < -0.39 is 0 Å². The Labute approximate surface area is 129 Å². The summed E-state index contributed by atoms with van der Waals surface area (Å²) < 4.78 is 10.7. The summed E-state index contributed by atoms with van der Waals surface area (Å²) in [7, 11) is 3.35. The predicted molar refractivity (Wildman–Crippen MR) is 88.4 cm³/mol. The van der Waals surface area contributed by atoms with E-state index in [1.807, 2.05) is 6.07 Å². The first-order valence-corrected chi connectivity index (χ1v) is 7.85. The van der Waals surface area contributed by atoms with E-state index in [4.69, 9.17) is 15.2 Å². The van der Waals surface area contributed by atoms with Crippen LogP contribution >= 0.6 is 0 Å². The maximum Gasteiger partial charge on any atom is 0.161 e. The zero-order valence-corrected chi connectivity index (χ0v) is 13.7. The summed E-state index contributed by atoms with van der Waals surface area (Å²) in [5, 5.41) is 3.50. The van der Waals surface area contributed by atoms with E-state index >= 15 is 0 Å². The largest absolute Gasteiger partial charge is 0.493 e. The molecule has 1 aromatic carbocycles. The van der Waals surface area contributed by atoms with Gasteiger partial charge in [0.2, 0.25) is 0 Å². The van der Waals surface area contributed by atoms with Gasteiger partial charge in [-0.05, 0) is 69.1 Å². The molecule has 0 aliphatic rings. The van der Waals surface area contributed by atoms with Crippen LogP contribution in [-0.4, -0.2) is 33.9 Å². The number of ether oxygens (including phenoxy) is 2. The van der Waals surface area contributed by atoms with E-state index in [2.05, 4.69) is 18.3 Å². The molecule has 0 aromatic heterocycles. The second-order valence-electron chi connectivity index (χ2n) is 5.34. The highest BCUT2D eigenvalue weighted by Crippen LogP contribution is 2.30. The van der Waals surface area contributed by atoms with Crippen LogP contribution < -0.4 is 20.5 Å². The van der Waals surface area contributed by atoms with Crippen LogP contribution in [0.15, 0.2) is 12.1 Å². The second-order valence-corrected chi connectivity index (χ2v) is 5.34. The van der Waals surface area contributed by atoms with E-state index in [9.17, 15) is 0 Å². The molecule has 0 spiro atoms. The zero-order valence-electron chi connectivity index (χ0n) is 13.7. The van der Waals surface area contributed by atoms with Crippen molar-refractivity contribution < 1.29 is 9.47 Å². The zero-order chi connectivity index (χ0) is 15.5. The van der Waals surface area contributed by atoms with E-state index in [-0.39, 0.29) is 0 Å². The molecule has 0 bridgehead atoms. The number of benzene rings is 1. The van der Waals surface area contributed by atoms with Gasteiger partial charge in [0.15, 0.2) is 11.5 Å². The SMILES string of the molecule is COc1cc(C)c(CCNCCCCCCN)cc1OC. The van der Waals surface area contributed by atoms with Gasteiger partial charge in [-0.3, -0.25) is 0 Å². The van der Waals surface area contributed by atoms with Gasteiger partial charge in [0.05, 0.1) is 14.2 Å². The van der Waals surface area contributed by atoms with Crippen LogP contribution in [0.3, 0.4) is 0 Å². The average Bonchev–Trinajstić information content (AvgIpc) is 2.50. The summed E-state index contributed by atoms with van der Waals surface area (Å²) >= 11 is 0. The van der Waals surface area contributed by atoms with Crippen molar-refractivity contribution in [2.75, 3.05) is 33.9 Å². The lowest BCUT2D eigenvalue weighted by Gasteiger charge is -2.13. The Hall–Kier alpha value is -1.26. The third kappa shape index (κ3) is 6.36. The summed E-state index contributed by atoms with van der Waals surface area (Å²) in [6.07, 6.45) is 5.89. The minimum absolute atomic E-state index is 0.798. The van der Waals surface area contributed by atoms with Crippen LogP contribution in [0, 0.1) is 6.92 Å². The van der Waals surface area contributed by atoms with Crippen LogP contribution in [0.5, 0.6) is 11.5 Å². The van der Waals surface area contributed by atoms with Crippen LogP contribution in [0.1, 0.15) is 36.8 Å². The molecule has 4 heteroatoms. The summed E-state index contributed by atoms with van der Waals surface area (Å²) in [6.45, 7) is 5.00. The normalized spacial score (nSPS) is 10.7. The molecular formula is C17H30N2O2. The number of rotatable bonds is 11. The average molecular weight is 294 g/mol. The van der Waals surface area contributed by atoms with Gasteiger partial charge in [-0.2, -0.15) is 0 Å². The lowest BCUT2D eigenvalue weighted by atomic mass is 10.0. The highest BCUT2D eigenvalue weighted by Gasteiger charge is 2.08. The van der Waals surface area contributed by atoms with Gasteiger partial charge in [-0.15, -0.1) is 0 Å². The van der Waals surface area contributed by atoms with Crippen molar-refractivity contribution in [1.82, 2.24) is 5.32 Å². The molecule has 1 rings (SSSR count). The maximum absolute atomic E-state index is 5.48. The third-order valence-electron chi connectivity index (χ3n) is 3.72. The van der Waals surface area contributed by atoms with E-state index in [0.29, 0.717) is 0 Å². The molecule has 0 radical (unpaired) electrons. The lowest BCUT2D eigenvalue weighted by molar-refractivity contribution is 0.354. The van der Waals surface area contributed by atoms with Crippen molar-refractivity contribution in [3.63, 3.8) is 0 Å². The molecule has 0 amide bonds. The number of unbranched alkanes of at least 4 members (excludes halogenated alkanes) is 3. The van der Waals surface area contributed by atoms with Crippen molar-refractivity contribution in [2.24, 2.45) is 5.73 Å². The number of hydrogen-bond acceptors (Lipinski definition) is 4. The Kier molecular flexibility index (Phi) is 8.87. The Morgan fingerprint density at radius 1 is 0.952 bits per heavy atom. The lowest BCUT2D eigenvalue weighted by Crippen LogP contribution is -2.19. The molecular weight excluding hydrogens is 264 g/mol. The van der Waals surface area contributed by atoms with Gasteiger partial charge >= 0.3 is 0 Å². The number of methoxy groups -OCH3 is 2. The van der Waals surface area contributed by atoms with Gasteiger partial charge in [-0.25, -0.2) is 0 Å². The Morgan fingerprint density at radius 2 is 1.62 bits per heavy atom. The Bertz CT molecular complexity index is 408. The molecule has 1 aromatic rings. The second kappa shape index (κ2) is 10.5. The number of hydrogen-bond donors (Lipinski definition) is 2. The molecule has 0 atom stereocenters. The van der Waals surface area contributed by atoms with E-state index in [1.165, 1.54) is 30.4 Å². The van der Waals surface area contributed by atoms with Gasteiger partial charge < -0.3 is 20.5 Å². The maximum atomic E-state index is 5.48. The smallest absolute Gasteiger partial charge is 0.161 e. The first kappa shape index (κ1) is 17.8. The van der Waals surface area contributed by atoms with Crippen LogP contribution in [-0.2, 0) is 6.42 Å². The first-order chi connectivity index (χ1) is 10.2. The molecule has 3 N–H and O–H groups in total. The fraction of sp³-hybridized carbons (Fsp3) is 0.647. The number of nitrogens with two attached hydrogens (primary N) is 1. The molecule has 0 saturated carbocycles. The molecule has 4 nitrogen and oxygen atoms in total. The summed E-state index contributed by atoms with van der Waals surface area (Å²) in [4.78, 5) is 0. The van der Waals surface area contributed by atoms with Crippen molar-refractivity contribution >= 4 is 0 Å². The fourth-order valence-electron chi connectivity index (χ4n) is 2.39. The van der Waals surface area contributed by atoms with Crippen LogP contribution in [0.25, 0.3) is 0 Å². The predicted octanol–water partition coefficient (Wildman–Crippen LogP) is 2.66. The number of nitrogens with one attached hydrogen (secondary N) is 1. The monoisotopic (exact) mass is 294 g/mol. The topological polar surface area (TPSA) is 56.5 Å². The van der Waals surface area contributed by atoms with Gasteiger partial charge in [0, 0.05) is 0 Å². The van der Waals surface area contributed by atoms with Crippen LogP contribution in [0.4, 0.5) is 0 Å². The Balaban J connectivity index is 2.32. The third-order valence-corrected chi connectivity index (χ3v) is 3.72. The van der Waals surface area contributed by atoms with E-state index in [1.54, 1.807) is 14.2 Å². The summed E-state index contributed by atoms with van der Waals surface area (Å²) in [6, 6.07) is 4.12. The van der Waals surface area contributed by atoms with Gasteiger partial charge in [-0.1, -0.05) is 12.8 Å². The van der Waals surface area contributed by atoms with Crippen molar-refractivity contribution in [3.8, 4) is 11.5 Å². The molecule has 120 valence electrons. The molecule has 0 heterocycles. The summed E-state index contributed by atoms with van der Waals surface area (Å²) in [5.74, 6) is 1.60. The minimum atomic E-state index is 0.798. The highest BCUT2D eigenvalue weighted by molar-refractivity contribution is 5.47. The van der Waals surface area contributed by atoms with Gasteiger partial charge in [0.25, 0.3) is 0 Å². The standard InChI is InChI=1S/C17H30N2O2/c1-14-12-16(20-2)17(21-3)13-15(14)8-11-19-10-7-5-4-6-9-18/h12-13,19H,4-11,18H2,1-3H3. The highest BCUT2D eigenvalue weighted by atomic mass is 16.5. The van der Waals surface area contributed by atoms with Crippen molar-refractivity contribution in [1.29, 1.82) is 0 Å². The van der Waals surface area contributed by atoms with Crippen LogP contribution in [0.2, 0.25) is 0 Å². The molecule has 0 aliphatic heterocycles. The number of aryl methyl sites for hydroxylation is 1. The van der Waals surface area contributed by atoms with E-state index in [0.717, 1.165) is 44.0 Å². The fourth-order valence-corrected chi connectivity index (χ4v) is 2.39. The molecule has 21 heavy (non-hydrogen) atoms. The van der Waals surface area contributed by atoms with Gasteiger partial charge in [0.1, 0.15) is 0 Å². The molecule has 0 unspecified atom stereocenters. The Morgan fingerprint density at radius 3 is 2.29 bits per heavy atom. The molecule has 0 fully saturated rings. The minimum Gasteiger partial charge on any atom is -0.493 e. The first-order valence-electron chi connectivity index (χ1n) is 7.85. The quantitative estimate of drug-likeness (QED) is 0.616. The van der Waals surface area contributed by atoms with Crippen molar-refractivity contribution in [3.05, 3.63) is 23.3 Å². The summed E-state index contributed by atoms with van der Waals surface area (Å²) in [5.41, 5.74) is 8.04. The van der Waals surface area contributed by atoms with Crippen molar-refractivity contribution in [2.45, 2.75) is 39.0 Å².